The molecule has 0 radical (unpaired) electrons. The second-order valence-electron chi connectivity index (χ2n) is 6.10. The fourth-order valence-corrected chi connectivity index (χ4v) is 2.73. The first kappa shape index (κ1) is 18.0. The molecule has 1 heterocycles. The Morgan fingerprint density at radius 1 is 1.22 bits per heavy atom. The fraction of sp³-hybridized carbons (Fsp3) is 0.0952. The number of benzene rings is 2. The predicted molar refractivity (Wildman–Crippen MR) is 108 cm³/mol. The molecule has 6 heteroatoms. The number of fused-ring (bicyclic) bond motifs is 1. The zero-order chi connectivity index (χ0) is 19.2. The summed E-state index contributed by atoms with van der Waals surface area (Å²) in [7, 11) is 0. The second-order valence-corrected chi connectivity index (χ2v) is 6.10. The molecular weight excluding hydrogens is 338 g/mol. The predicted octanol–water partition coefficient (Wildman–Crippen LogP) is 3.46. The van der Waals surface area contributed by atoms with Crippen molar-refractivity contribution < 1.29 is 0 Å². The van der Waals surface area contributed by atoms with E-state index < -0.39 is 0 Å². The van der Waals surface area contributed by atoms with Crippen LogP contribution < -0.4 is 11.0 Å². The molecule has 0 fully saturated rings. The number of nitrogens with zero attached hydrogens (tertiary/aromatic N) is 2. The lowest BCUT2D eigenvalue weighted by atomic mass is 10.0. The number of nitriles is 1. The number of aromatic amines is 2. The van der Waals surface area contributed by atoms with Crippen LogP contribution in [0.25, 0.3) is 16.6 Å². The number of allylic oxidation sites excluding steroid dienone is 3. The first-order valence-electron chi connectivity index (χ1n) is 8.38. The van der Waals surface area contributed by atoms with Gasteiger partial charge in [-0.2, -0.15) is 5.26 Å². The summed E-state index contributed by atoms with van der Waals surface area (Å²) in [5.74, 6) is 0. The third-order valence-electron chi connectivity index (χ3n) is 4.11. The third kappa shape index (κ3) is 4.41. The number of aromatic nitrogens is 2. The van der Waals surface area contributed by atoms with Gasteiger partial charge in [-0.25, -0.2) is 4.79 Å². The van der Waals surface area contributed by atoms with Crippen molar-refractivity contribution in [2.24, 2.45) is 4.99 Å². The Kier molecular flexibility index (Phi) is 5.33. The lowest BCUT2D eigenvalue weighted by Gasteiger charge is -2.09. The number of rotatable bonds is 6. The zero-order valence-electron chi connectivity index (χ0n) is 14.9. The minimum atomic E-state index is -0.231. The molecule has 0 amide bonds. The second kappa shape index (κ2) is 8.02. The Labute approximate surface area is 156 Å². The van der Waals surface area contributed by atoms with Gasteiger partial charge in [-0.3, -0.25) is 4.99 Å². The van der Waals surface area contributed by atoms with Crippen molar-refractivity contribution in [1.82, 2.24) is 15.3 Å². The van der Waals surface area contributed by atoms with Gasteiger partial charge in [-0.05, 0) is 55.1 Å². The van der Waals surface area contributed by atoms with Crippen molar-refractivity contribution in [3.63, 3.8) is 0 Å². The van der Waals surface area contributed by atoms with Crippen molar-refractivity contribution >= 4 is 23.3 Å². The molecule has 0 aliphatic heterocycles. The first-order valence-corrected chi connectivity index (χ1v) is 8.38. The first-order chi connectivity index (χ1) is 13.1. The highest BCUT2D eigenvalue weighted by Gasteiger charge is 2.04. The van der Waals surface area contributed by atoms with E-state index in [1.165, 1.54) is 0 Å². The van der Waals surface area contributed by atoms with E-state index in [4.69, 9.17) is 5.26 Å². The number of hydrogen-bond donors (Lipinski definition) is 3. The Bertz CT molecular complexity index is 1120. The summed E-state index contributed by atoms with van der Waals surface area (Å²) >= 11 is 0. The normalized spacial score (nSPS) is 12.0. The Morgan fingerprint density at radius 3 is 2.67 bits per heavy atom. The van der Waals surface area contributed by atoms with E-state index in [2.05, 4.69) is 33.1 Å². The Hall–Kier alpha value is -3.85. The molecule has 0 unspecified atom stereocenters. The van der Waals surface area contributed by atoms with E-state index in [0.29, 0.717) is 12.1 Å². The summed E-state index contributed by atoms with van der Waals surface area (Å²) in [6.45, 7) is 6.16. The summed E-state index contributed by atoms with van der Waals surface area (Å²) in [4.78, 5) is 20.8. The highest BCUT2D eigenvalue weighted by Crippen LogP contribution is 2.21. The lowest BCUT2D eigenvalue weighted by molar-refractivity contribution is 0.812. The van der Waals surface area contributed by atoms with E-state index in [9.17, 15) is 4.79 Å². The molecule has 2 aromatic carbocycles. The fourth-order valence-electron chi connectivity index (χ4n) is 2.73. The third-order valence-corrected chi connectivity index (χ3v) is 4.11. The van der Waals surface area contributed by atoms with Gasteiger partial charge in [0.05, 0.1) is 22.7 Å². The van der Waals surface area contributed by atoms with Gasteiger partial charge in [0.2, 0.25) is 0 Å². The molecule has 6 nitrogen and oxygen atoms in total. The van der Waals surface area contributed by atoms with E-state index in [1.807, 2.05) is 43.3 Å². The minimum Gasteiger partial charge on any atom is -0.384 e. The quantitative estimate of drug-likeness (QED) is 0.465. The van der Waals surface area contributed by atoms with Crippen LogP contribution in [0.4, 0.5) is 0 Å². The van der Waals surface area contributed by atoms with Crippen molar-refractivity contribution in [2.75, 3.05) is 0 Å². The molecular formula is C21H19N5O. The molecule has 3 rings (SSSR count). The molecule has 27 heavy (non-hydrogen) atoms. The standard InChI is InChI=1S/C21H19N5O/c1-14(24-12-16-5-3-15(11-22)4-6-16)9-18(13-23-2)17-7-8-19-20(10-17)26-21(27)25-19/h3-10,13,24H,2,12H2,1H3,(H2,25,26,27)/b14-9+,18-13+. The van der Waals surface area contributed by atoms with Gasteiger partial charge >= 0.3 is 5.69 Å². The molecule has 3 aromatic rings. The minimum absolute atomic E-state index is 0.231. The maximum Gasteiger partial charge on any atom is 0.323 e. The summed E-state index contributed by atoms with van der Waals surface area (Å²) in [5.41, 5.74) is 5.75. The zero-order valence-corrected chi connectivity index (χ0v) is 14.9. The van der Waals surface area contributed by atoms with Gasteiger partial charge in [0.1, 0.15) is 0 Å². The van der Waals surface area contributed by atoms with Gasteiger partial charge in [0.15, 0.2) is 0 Å². The average molecular weight is 357 g/mol. The summed E-state index contributed by atoms with van der Waals surface area (Å²) in [5, 5.41) is 12.2. The smallest absolute Gasteiger partial charge is 0.323 e. The van der Waals surface area contributed by atoms with E-state index in [1.54, 1.807) is 18.3 Å². The van der Waals surface area contributed by atoms with Crippen molar-refractivity contribution in [3.8, 4) is 6.07 Å². The molecule has 0 bridgehead atoms. The number of imidazole rings is 1. The molecule has 0 saturated carbocycles. The SMILES string of the molecule is C=N/C=C(\C=C(/C)NCc1ccc(C#N)cc1)c1ccc2[nH]c(=O)[nH]c2c1. The van der Waals surface area contributed by atoms with Gasteiger partial charge in [-0.15, -0.1) is 0 Å². The Morgan fingerprint density at radius 2 is 1.96 bits per heavy atom. The van der Waals surface area contributed by atoms with Gasteiger partial charge in [-0.1, -0.05) is 18.2 Å². The highest BCUT2D eigenvalue weighted by molar-refractivity contribution is 5.83. The van der Waals surface area contributed by atoms with Crippen LogP contribution in [0, 0.1) is 11.3 Å². The monoisotopic (exact) mass is 357 g/mol. The van der Waals surface area contributed by atoms with Crippen LogP contribution in [0.5, 0.6) is 0 Å². The van der Waals surface area contributed by atoms with Crippen LogP contribution >= 0.6 is 0 Å². The van der Waals surface area contributed by atoms with E-state index in [-0.39, 0.29) is 5.69 Å². The van der Waals surface area contributed by atoms with E-state index in [0.717, 1.165) is 33.4 Å². The topological polar surface area (TPSA) is 96.8 Å². The molecule has 0 saturated heterocycles. The summed E-state index contributed by atoms with van der Waals surface area (Å²) in [6.07, 6.45) is 3.66. The lowest BCUT2D eigenvalue weighted by Crippen LogP contribution is -2.10. The van der Waals surface area contributed by atoms with Crippen LogP contribution in [0.3, 0.4) is 0 Å². The maximum absolute atomic E-state index is 11.4. The van der Waals surface area contributed by atoms with Crippen molar-refractivity contribution in [3.05, 3.63) is 87.6 Å². The maximum atomic E-state index is 11.4. The average Bonchev–Trinajstić information content (AvgIpc) is 3.05. The van der Waals surface area contributed by atoms with Gasteiger partial charge in [0.25, 0.3) is 0 Å². The van der Waals surface area contributed by atoms with Crippen LogP contribution in [0.2, 0.25) is 0 Å². The van der Waals surface area contributed by atoms with E-state index >= 15 is 0 Å². The molecule has 0 aliphatic rings. The molecule has 3 N–H and O–H groups in total. The van der Waals surface area contributed by atoms with Crippen LogP contribution in [0.15, 0.2) is 70.2 Å². The number of nitrogens with one attached hydrogen (secondary N) is 3. The van der Waals surface area contributed by atoms with Crippen molar-refractivity contribution in [1.29, 1.82) is 5.26 Å². The highest BCUT2D eigenvalue weighted by atomic mass is 16.1. The van der Waals surface area contributed by atoms with Crippen LogP contribution in [-0.4, -0.2) is 16.7 Å². The summed E-state index contributed by atoms with van der Waals surface area (Å²) < 4.78 is 0. The Balaban J connectivity index is 1.78. The van der Waals surface area contributed by atoms with Crippen LogP contribution in [0.1, 0.15) is 23.6 Å². The number of hydrogen-bond acceptors (Lipinski definition) is 4. The molecule has 1 aromatic heterocycles. The number of aliphatic imine (C=N–C) groups is 1. The molecule has 0 spiro atoms. The van der Waals surface area contributed by atoms with Crippen molar-refractivity contribution in [2.45, 2.75) is 13.5 Å². The van der Waals surface area contributed by atoms with Gasteiger partial charge in [0, 0.05) is 24.0 Å². The summed E-state index contributed by atoms with van der Waals surface area (Å²) in [6, 6.07) is 15.2. The molecule has 134 valence electrons. The molecule has 0 aliphatic carbocycles. The number of H-pyrrole nitrogens is 2. The van der Waals surface area contributed by atoms with Crippen LogP contribution in [-0.2, 0) is 6.54 Å². The van der Waals surface area contributed by atoms with Gasteiger partial charge < -0.3 is 15.3 Å². The molecule has 0 atom stereocenters. The largest absolute Gasteiger partial charge is 0.384 e.